The quantitative estimate of drug-likeness (QED) is 0.830. The minimum Gasteiger partial charge on any atom is -0.351 e. The Morgan fingerprint density at radius 3 is 2.52 bits per heavy atom. The predicted octanol–water partition coefficient (Wildman–Crippen LogP) is 1.79. The van der Waals surface area contributed by atoms with E-state index in [1.165, 1.54) is 0 Å². The predicted molar refractivity (Wildman–Crippen MR) is 92.1 cm³/mol. The highest BCUT2D eigenvalue weighted by atomic mass is 16.5. The molecule has 1 fully saturated rings. The van der Waals surface area contributed by atoms with Gasteiger partial charge in [-0.15, -0.1) is 5.10 Å². The third kappa shape index (κ3) is 3.33. The largest absolute Gasteiger partial charge is 0.351 e. The van der Waals surface area contributed by atoms with Crippen molar-refractivity contribution < 1.29 is 4.52 Å². The smallest absolute Gasteiger partial charge is 0.243 e. The maximum Gasteiger partial charge on any atom is 0.243 e. The molecule has 25 heavy (non-hydrogen) atoms. The number of rotatable bonds is 4. The van der Waals surface area contributed by atoms with Crippen LogP contribution in [0.15, 0.2) is 4.52 Å². The molecule has 1 aliphatic rings. The van der Waals surface area contributed by atoms with Crippen molar-refractivity contribution in [1.82, 2.24) is 25.2 Å². The monoisotopic (exact) mass is 341 g/mol. The molecule has 132 valence electrons. The number of hydrogen-bond donors (Lipinski definition) is 0. The van der Waals surface area contributed by atoms with Crippen LogP contribution in [0.2, 0.25) is 0 Å². The van der Waals surface area contributed by atoms with Gasteiger partial charge in [-0.05, 0) is 26.3 Å². The van der Waals surface area contributed by atoms with Crippen molar-refractivity contribution in [3.63, 3.8) is 0 Å². The Morgan fingerprint density at radius 2 is 1.92 bits per heavy atom. The summed E-state index contributed by atoms with van der Waals surface area (Å²) < 4.78 is 5.37. The average molecular weight is 341 g/mol. The minimum atomic E-state index is 0.0798. The van der Waals surface area contributed by atoms with Gasteiger partial charge >= 0.3 is 0 Å². The first-order valence-electron chi connectivity index (χ1n) is 8.60. The summed E-state index contributed by atoms with van der Waals surface area (Å²) in [5.74, 6) is 2.09. The lowest BCUT2D eigenvalue weighted by Crippen LogP contribution is -2.47. The van der Waals surface area contributed by atoms with Crippen molar-refractivity contribution in [3.05, 3.63) is 28.5 Å². The molecule has 1 aliphatic heterocycles. The third-order valence-electron chi connectivity index (χ3n) is 4.87. The van der Waals surface area contributed by atoms with Gasteiger partial charge in [0.15, 0.2) is 11.6 Å². The highest BCUT2D eigenvalue weighted by Gasteiger charge is 2.27. The van der Waals surface area contributed by atoms with Crippen LogP contribution in [0.25, 0.3) is 0 Å². The lowest BCUT2D eigenvalue weighted by Gasteiger charge is -2.37. The van der Waals surface area contributed by atoms with Gasteiger partial charge in [-0.2, -0.15) is 15.3 Å². The Bertz CT molecular complexity index is 787. The fourth-order valence-corrected chi connectivity index (χ4v) is 3.01. The number of hydrogen-bond acceptors (Lipinski definition) is 8. The molecule has 2 aromatic heterocycles. The number of aromatic nitrogens is 4. The molecule has 0 spiro atoms. The molecule has 0 aliphatic carbocycles. The number of nitrogens with zero attached hydrogens (tertiary/aromatic N) is 7. The second-order valence-electron chi connectivity index (χ2n) is 6.32. The van der Waals surface area contributed by atoms with E-state index in [9.17, 15) is 5.26 Å². The van der Waals surface area contributed by atoms with Gasteiger partial charge in [-0.3, -0.25) is 4.90 Å². The van der Waals surface area contributed by atoms with Crippen molar-refractivity contribution in [2.24, 2.45) is 0 Å². The highest BCUT2D eigenvalue weighted by Crippen LogP contribution is 2.25. The molecule has 1 saturated heterocycles. The average Bonchev–Trinajstić information content (AvgIpc) is 3.12. The SMILES string of the molecule is CCc1noc([C@H](C)N2CCN(c3nnc(C)c(C)c3C#N)CC2)n1. The van der Waals surface area contributed by atoms with E-state index in [4.69, 9.17) is 4.52 Å². The van der Waals surface area contributed by atoms with Crippen molar-refractivity contribution in [3.8, 4) is 6.07 Å². The summed E-state index contributed by atoms with van der Waals surface area (Å²) >= 11 is 0. The van der Waals surface area contributed by atoms with Crippen LogP contribution >= 0.6 is 0 Å². The fourth-order valence-electron chi connectivity index (χ4n) is 3.01. The second kappa shape index (κ2) is 7.15. The molecule has 2 aromatic rings. The van der Waals surface area contributed by atoms with E-state index >= 15 is 0 Å². The Hall–Kier alpha value is -2.53. The first kappa shape index (κ1) is 17.3. The van der Waals surface area contributed by atoms with E-state index in [1.807, 2.05) is 20.8 Å². The number of piperazine rings is 1. The van der Waals surface area contributed by atoms with Crippen LogP contribution in [0.3, 0.4) is 0 Å². The first-order valence-corrected chi connectivity index (χ1v) is 8.60. The third-order valence-corrected chi connectivity index (χ3v) is 4.87. The zero-order valence-corrected chi connectivity index (χ0v) is 15.2. The molecule has 1 atom stereocenters. The van der Waals surface area contributed by atoms with Gasteiger partial charge in [0.2, 0.25) is 5.89 Å². The molecular weight excluding hydrogens is 318 g/mol. The Labute approximate surface area is 147 Å². The van der Waals surface area contributed by atoms with Gasteiger partial charge in [0, 0.05) is 32.6 Å². The summed E-state index contributed by atoms with van der Waals surface area (Å²) in [5, 5.41) is 21.9. The summed E-state index contributed by atoms with van der Waals surface area (Å²) in [6, 6.07) is 2.36. The van der Waals surface area contributed by atoms with E-state index in [0.717, 1.165) is 49.7 Å². The fraction of sp³-hybridized carbons (Fsp3) is 0.588. The van der Waals surface area contributed by atoms with Gasteiger partial charge in [-0.1, -0.05) is 12.1 Å². The zero-order chi connectivity index (χ0) is 18.0. The number of aryl methyl sites for hydroxylation is 2. The van der Waals surface area contributed by atoms with Gasteiger partial charge in [0.25, 0.3) is 0 Å². The molecule has 0 amide bonds. The standard InChI is InChI=1S/C17H23N7O/c1-5-15-19-17(25-22-15)13(4)23-6-8-24(9-7-23)16-14(10-18)11(2)12(3)20-21-16/h13H,5-9H2,1-4H3/t13-/m0/s1. The molecule has 0 saturated carbocycles. The summed E-state index contributed by atoms with van der Waals surface area (Å²) in [6.45, 7) is 11.1. The Kier molecular flexibility index (Phi) is 4.95. The molecule has 0 radical (unpaired) electrons. The van der Waals surface area contributed by atoms with Crippen LogP contribution < -0.4 is 4.90 Å². The van der Waals surface area contributed by atoms with Crippen molar-refractivity contribution in [1.29, 1.82) is 5.26 Å². The minimum absolute atomic E-state index is 0.0798. The first-order chi connectivity index (χ1) is 12.0. The molecule has 8 nitrogen and oxygen atoms in total. The summed E-state index contributed by atoms with van der Waals surface area (Å²) in [7, 11) is 0. The molecule has 0 unspecified atom stereocenters. The van der Waals surface area contributed by atoms with Gasteiger partial charge in [0.1, 0.15) is 11.6 Å². The van der Waals surface area contributed by atoms with Crippen LogP contribution in [0.5, 0.6) is 0 Å². The van der Waals surface area contributed by atoms with Crippen LogP contribution in [0.4, 0.5) is 5.82 Å². The molecule has 8 heteroatoms. The lowest BCUT2D eigenvalue weighted by molar-refractivity contribution is 0.164. The molecule has 3 heterocycles. The second-order valence-corrected chi connectivity index (χ2v) is 6.32. The summed E-state index contributed by atoms with van der Waals surface area (Å²) in [4.78, 5) is 8.87. The highest BCUT2D eigenvalue weighted by molar-refractivity contribution is 5.57. The molecule has 0 bridgehead atoms. The van der Waals surface area contributed by atoms with Gasteiger partial charge in [-0.25, -0.2) is 0 Å². The van der Waals surface area contributed by atoms with Crippen LogP contribution in [-0.2, 0) is 6.42 Å². The van der Waals surface area contributed by atoms with Gasteiger partial charge in [0.05, 0.1) is 11.7 Å². The van der Waals surface area contributed by atoms with Crippen LogP contribution in [0, 0.1) is 25.2 Å². The van der Waals surface area contributed by atoms with E-state index in [2.05, 4.69) is 43.1 Å². The maximum absolute atomic E-state index is 9.49. The van der Waals surface area contributed by atoms with Crippen molar-refractivity contribution in [2.45, 2.75) is 40.2 Å². The molecule has 0 N–H and O–H groups in total. The topological polar surface area (TPSA) is 95.0 Å². The summed E-state index contributed by atoms with van der Waals surface area (Å²) in [5.41, 5.74) is 2.33. The molecule has 3 rings (SSSR count). The zero-order valence-electron chi connectivity index (χ0n) is 15.2. The normalized spacial score (nSPS) is 16.7. The Balaban J connectivity index is 1.70. The van der Waals surface area contributed by atoms with Crippen LogP contribution in [-0.4, -0.2) is 51.4 Å². The van der Waals surface area contributed by atoms with E-state index in [0.29, 0.717) is 17.3 Å². The van der Waals surface area contributed by atoms with Crippen molar-refractivity contribution in [2.75, 3.05) is 31.1 Å². The van der Waals surface area contributed by atoms with Crippen molar-refractivity contribution >= 4 is 5.82 Å². The van der Waals surface area contributed by atoms with E-state index in [-0.39, 0.29) is 6.04 Å². The van der Waals surface area contributed by atoms with E-state index < -0.39 is 0 Å². The van der Waals surface area contributed by atoms with E-state index in [1.54, 1.807) is 0 Å². The number of nitriles is 1. The maximum atomic E-state index is 9.49. The van der Waals surface area contributed by atoms with Crippen LogP contribution in [0.1, 0.15) is 48.4 Å². The molecule has 0 aromatic carbocycles. The number of anilines is 1. The lowest BCUT2D eigenvalue weighted by atomic mass is 10.1. The Morgan fingerprint density at radius 1 is 1.20 bits per heavy atom. The van der Waals surface area contributed by atoms with Gasteiger partial charge < -0.3 is 9.42 Å². The molecular formula is C17H23N7O. The summed E-state index contributed by atoms with van der Waals surface area (Å²) in [6.07, 6.45) is 0.770.